The molecule has 1 heterocycles. The lowest BCUT2D eigenvalue weighted by Gasteiger charge is -2.11. The van der Waals surface area contributed by atoms with E-state index in [1.165, 1.54) is 5.56 Å². The van der Waals surface area contributed by atoms with E-state index in [9.17, 15) is 0 Å². The standard InChI is InChI=1S/C15H17N3S/c1-2-12-4-3-5-14(10-12)18-15(19)17-11-13-6-8-16-9-7-13/h3-10H,2,11H2,1H3,(H2,17,18,19). The number of hydrogen-bond donors (Lipinski definition) is 2. The minimum atomic E-state index is 0.630. The van der Waals surface area contributed by atoms with Gasteiger partial charge in [0.05, 0.1) is 0 Å². The van der Waals surface area contributed by atoms with Gasteiger partial charge < -0.3 is 10.6 Å². The van der Waals surface area contributed by atoms with E-state index in [2.05, 4.69) is 34.7 Å². The molecule has 98 valence electrons. The van der Waals surface area contributed by atoms with Crippen molar-refractivity contribution in [2.75, 3.05) is 5.32 Å². The summed E-state index contributed by atoms with van der Waals surface area (Å²) in [6, 6.07) is 12.2. The molecule has 2 N–H and O–H groups in total. The van der Waals surface area contributed by atoms with Gasteiger partial charge in [-0.05, 0) is 54.0 Å². The number of pyridine rings is 1. The van der Waals surface area contributed by atoms with Crippen molar-refractivity contribution in [2.45, 2.75) is 19.9 Å². The Balaban J connectivity index is 1.87. The molecule has 0 fully saturated rings. The van der Waals surface area contributed by atoms with E-state index < -0.39 is 0 Å². The Kier molecular flexibility index (Phi) is 4.86. The summed E-state index contributed by atoms with van der Waals surface area (Å²) in [4.78, 5) is 3.98. The first-order valence-electron chi connectivity index (χ1n) is 6.30. The van der Waals surface area contributed by atoms with E-state index in [1.54, 1.807) is 12.4 Å². The van der Waals surface area contributed by atoms with Crippen molar-refractivity contribution < 1.29 is 0 Å². The molecule has 0 aliphatic rings. The van der Waals surface area contributed by atoms with Gasteiger partial charge in [0.15, 0.2) is 5.11 Å². The number of benzene rings is 1. The first-order valence-corrected chi connectivity index (χ1v) is 6.71. The summed E-state index contributed by atoms with van der Waals surface area (Å²) < 4.78 is 0. The molecule has 1 aromatic carbocycles. The van der Waals surface area contributed by atoms with E-state index in [4.69, 9.17) is 12.2 Å². The summed E-state index contributed by atoms with van der Waals surface area (Å²) in [7, 11) is 0. The largest absolute Gasteiger partial charge is 0.358 e. The van der Waals surface area contributed by atoms with Crippen LogP contribution in [0.5, 0.6) is 0 Å². The van der Waals surface area contributed by atoms with Crippen molar-refractivity contribution in [3.05, 3.63) is 59.9 Å². The highest BCUT2D eigenvalue weighted by Crippen LogP contribution is 2.10. The van der Waals surface area contributed by atoms with Crippen LogP contribution in [-0.4, -0.2) is 10.1 Å². The van der Waals surface area contributed by atoms with Crippen molar-refractivity contribution in [2.24, 2.45) is 0 Å². The lowest BCUT2D eigenvalue weighted by atomic mass is 10.1. The fourth-order valence-electron chi connectivity index (χ4n) is 1.73. The number of aromatic nitrogens is 1. The van der Waals surface area contributed by atoms with Crippen LogP contribution in [0.25, 0.3) is 0 Å². The Bertz CT molecular complexity index is 540. The highest BCUT2D eigenvalue weighted by Gasteiger charge is 1.99. The number of rotatable bonds is 4. The Morgan fingerprint density at radius 3 is 2.68 bits per heavy atom. The lowest BCUT2D eigenvalue weighted by molar-refractivity contribution is 0.921. The molecule has 0 spiro atoms. The molecule has 0 saturated carbocycles. The van der Waals surface area contributed by atoms with Crippen LogP contribution in [-0.2, 0) is 13.0 Å². The van der Waals surface area contributed by atoms with Gasteiger partial charge in [0.1, 0.15) is 0 Å². The Morgan fingerprint density at radius 1 is 1.16 bits per heavy atom. The van der Waals surface area contributed by atoms with E-state index in [0.29, 0.717) is 11.7 Å². The second-order valence-corrected chi connectivity index (χ2v) is 4.63. The maximum atomic E-state index is 5.28. The summed E-state index contributed by atoms with van der Waals surface area (Å²) >= 11 is 5.28. The third kappa shape index (κ3) is 4.34. The van der Waals surface area contributed by atoms with Crippen molar-refractivity contribution in [1.82, 2.24) is 10.3 Å². The van der Waals surface area contributed by atoms with Gasteiger partial charge in [0.2, 0.25) is 0 Å². The van der Waals surface area contributed by atoms with Gasteiger partial charge in [0, 0.05) is 24.6 Å². The molecule has 0 aliphatic heterocycles. The minimum Gasteiger partial charge on any atom is -0.358 e. The first kappa shape index (κ1) is 13.5. The van der Waals surface area contributed by atoms with Crippen LogP contribution in [0.2, 0.25) is 0 Å². The molecule has 0 aliphatic carbocycles. The number of thiocarbonyl (C=S) groups is 1. The molecule has 0 saturated heterocycles. The predicted octanol–water partition coefficient (Wildman–Crippen LogP) is 3.13. The summed E-state index contributed by atoms with van der Waals surface area (Å²) in [6.07, 6.45) is 4.57. The third-order valence-corrected chi connectivity index (χ3v) is 3.04. The van der Waals surface area contributed by atoms with Crippen LogP contribution in [0.15, 0.2) is 48.8 Å². The molecule has 3 nitrogen and oxygen atoms in total. The van der Waals surface area contributed by atoms with Gasteiger partial charge in [-0.15, -0.1) is 0 Å². The summed E-state index contributed by atoms with van der Waals surface area (Å²) in [5.74, 6) is 0. The van der Waals surface area contributed by atoms with E-state index in [0.717, 1.165) is 17.7 Å². The molecule has 0 bridgehead atoms. The zero-order chi connectivity index (χ0) is 13.5. The van der Waals surface area contributed by atoms with Gasteiger partial charge in [0.25, 0.3) is 0 Å². The normalized spacial score (nSPS) is 9.95. The maximum Gasteiger partial charge on any atom is 0.171 e. The number of nitrogens with one attached hydrogen (secondary N) is 2. The fraction of sp³-hybridized carbons (Fsp3) is 0.200. The maximum absolute atomic E-state index is 5.28. The molecule has 19 heavy (non-hydrogen) atoms. The van der Waals surface area contributed by atoms with Gasteiger partial charge >= 0.3 is 0 Å². The topological polar surface area (TPSA) is 37.0 Å². The van der Waals surface area contributed by atoms with Crippen molar-refractivity contribution in [3.8, 4) is 0 Å². The number of hydrogen-bond acceptors (Lipinski definition) is 2. The van der Waals surface area contributed by atoms with Crippen molar-refractivity contribution in [1.29, 1.82) is 0 Å². The van der Waals surface area contributed by atoms with Crippen LogP contribution < -0.4 is 10.6 Å². The molecular weight excluding hydrogens is 254 g/mol. The molecule has 2 rings (SSSR count). The molecule has 4 heteroatoms. The van der Waals surface area contributed by atoms with Gasteiger partial charge in [-0.3, -0.25) is 4.98 Å². The highest BCUT2D eigenvalue weighted by molar-refractivity contribution is 7.80. The molecular formula is C15H17N3S. The second kappa shape index (κ2) is 6.85. The van der Waals surface area contributed by atoms with Crippen LogP contribution in [0, 0.1) is 0 Å². The Labute approximate surface area is 119 Å². The smallest absolute Gasteiger partial charge is 0.171 e. The van der Waals surface area contributed by atoms with E-state index in [1.807, 2.05) is 24.3 Å². The quantitative estimate of drug-likeness (QED) is 0.838. The number of aryl methyl sites for hydroxylation is 1. The third-order valence-electron chi connectivity index (χ3n) is 2.80. The monoisotopic (exact) mass is 271 g/mol. The zero-order valence-electron chi connectivity index (χ0n) is 10.9. The predicted molar refractivity (Wildman–Crippen MR) is 83.1 cm³/mol. The minimum absolute atomic E-state index is 0.630. The van der Waals surface area contributed by atoms with Crippen LogP contribution in [0.4, 0.5) is 5.69 Å². The first-order chi connectivity index (χ1) is 9.28. The second-order valence-electron chi connectivity index (χ2n) is 4.22. The fourth-order valence-corrected chi connectivity index (χ4v) is 1.92. The van der Waals surface area contributed by atoms with E-state index in [-0.39, 0.29) is 0 Å². The van der Waals surface area contributed by atoms with E-state index >= 15 is 0 Å². The molecule has 0 atom stereocenters. The molecule has 0 amide bonds. The highest BCUT2D eigenvalue weighted by atomic mass is 32.1. The van der Waals surface area contributed by atoms with Crippen molar-refractivity contribution in [3.63, 3.8) is 0 Å². The van der Waals surface area contributed by atoms with Crippen LogP contribution in [0.3, 0.4) is 0 Å². The SMILES string of the molecule is CCc1cccc(NC(=S)NCc2ccncc2)c1. The zero-order valence-corrected chi connectivity index (χ0v) is 11.7. The summed E-state index contributed by atoms with van der Waals surface area (Å²) in [6.45, 7) is 2.83. The van der Waals surface area contributed by atoms with Crippen LogP contribution in [0.1, 0.15) is 18.1 Å². The molecule has 0 radical (unpaired) electrons. The molecule has 2 aromatic rings. The number of anilines is 1. The summed E-state index contributed by atoms with van der Waals surface area (Å²) in [5, 5.41) is 7.00. The van der Waals surface area contributed by atoms with Crippen molar-refractivity contribution >= 4 is 23.0 Å². The Morgan fingerprint density at radius 2 is 1.95 bits per heavy atom. The Hall–Kier alpha value is -1.94. The molecule has 0 unspecified atom stereocenters. The lowest BCUT2D eigenvalue weighted by Crippen LogP contribution is -2.27. The van der Waals surface area contributed by atoms with Crippen LogP contribution >= 0.6 is 12.2 Å². The van der Waals surface area contributed by atoms with Gasteiger partial charge in [-0.2, -0.15) is 0 Å². The summed E-state index contributed by atoms with van der Waals surface area (Å²) in [5.41, 5.74) is 3.47. The molecule has 1 aromatic heterocycles. The average molecular weight is 271 g/mol. The average Bonchev–Trinajstić information content (AvgIpc) is 2.46. The van der Waals surface area contributed by atoms with Gasteiger partial charge in [-0.25, -0.2) is 0 Å². The number of nitrogens with zero attached hydrogens (tertiary/aromatic N) is 1. The van der Waals surface area contributed by atoms with Gasteiger partial charge in [-0.1, -0.05) is 19.1 Å².